The van der Waals surface area contributed by atoms with Crippen LogP contribution in [-0.2, 0) is 0 Å². The van der Waals surface area contributed by atoms with Gasteiger partial charge in [0.15, 0.2) is 0 Å². The molecule has 1 N–H and O–H groups in total. The van der Waals surface area contributed by atoms with Crippen LogP contribution in [0, 0.1) is 5.92 Å². The van der Waals surface area contributed by atoms with Gasteiger partial charge in [-0.15, -0.1) is 0 Å². The van der Waals surface area contributed by atoms with Crippen LogP contribution in [0.3, 0.4) is 0 Å². The van der Waals surface area contributed by atoms with Gasteiger partial charge >= 0.3 is 0 Å². The molecular weight excluding hydrogens is 308 g/mol. The number of unbranched alkanes of at least 4 members (excludes halogenated alkanes) is 3. The topological polar surface area (TPSA) is 29.5 Å². The highest BCUT2D eigenvalue weighted by Crippen LogP contribution is 2.37. The van der Waals surface area contributed by atoms with E-state index in [1.165, 1.54) is 19.3 Å². The van der Waals surface area contributed by atoms with Crippen LogP contribution in [0.1, 0.15) is 56.3 Å². The molecule has 0 radical (unpaired) electrons. The van der Waals surface area contributed by atoms with Crippen LogP contribution in [0.5, 0.6) is 5.75 Å². The number of aliphatic hydroxyl groups excluding tert-OH is 1. The lowest BCUT2D eigenvalue weighted by Gasteiger charge is -2.26. The molecule has 0 unspecified atom stereocenters. The molecule has 0 aliphatic heterocycles. The van der Waals surface area contributed by atoms with Crippen molar-refractivity contribution >= 4 is 5.57 Å². The van der Waals surface area contributed by atoms with Gasteiger partial charge in [0.2, 0.25) is 0 Å². The number of aliphatic hydroxyl groups is 1. The molecule has 0 aliphatic carbocycles. The lowest BCUT2D eigenvalue weighted by atomic mass is 9.82. The molecule has 0 bridgehead atoms. The van der Waals surface area contributed by atoms with E-state index in [9.17, 15) is 5.11 Å². The Morgan fingerprint density at radius 3 is 2.28 bits per heavy atom. The molecule has 2 nitrogen and oxygen atoms in total. The Morgan fingerprint density at radius 1 is 1.00 bits per heavy atom. The van der Waals surface area contributed by atoms with Crippen LogP contribution in [0.25, 0.3) is 5.57 Å². The summed E-state index contributed by atoms with van der Waals surface area (Å²) < 4.78 is 5.24. The first-order chi connectivity index (χ1) is 12.2. The van der Waals surface area contributed by atoms with Crippen molar-refractivity contribution < 1.29 is 9.84 Å². The number of methoxy groups -OCH3 is 1. The van der Waals surface area contributed by atoms with Crippen LogP contribution < -0.4 is 4.74 Å². The minimum Gasteiger partial charge on any atom is -0.497 e. The fraction of sp³-hybridized carbons (Fsp3) is 0.391. The van der Waals surface area contributed by atoms with Crippen LogP contribution in [0.15, 0.2) is 61.2 Å². The summed E-state index contributed by atoms with van der Waals surface area (Å²) in [4.78, 5) is 0. The van der Waals surface area contributed by atoms with E-state index >= 15 is 0 Å². The maximum atomic E-state index is 11.0. The third-order valence-electron chi connectivity index (χ3n) is 4.80. The zero-order valence-corrected chi connectivity index (χ0v) is 15.4. The van der Waals surface area contributed by atoms with Crippen LogP contribution in [0.4, 0.5) is 0 Å². The van der Waals surface area contributed by atoms with E-state index < -0.39 is 6.10 Å². The second-order valence-electron chi connectivity index (χ2n) is 6.57. The number of benzene rings is 2. The van der Waals surface area contributed by atoms with Gasteiger partial charge in [0.1, 0.15) is 5.75 Å². The smallest absolute Gasteiger partial charge is 0.118 e. The molecule has 2 atom stereocenters. The Morgan fingerprint density at radius 2 is 1.68 bits per heavy atom. The molecule has 134 valence electrons. The van der Waals surface area contributed by atoms with Gasteiger partial charge in [0.25, 0.3) is 0 Å². The van der Waals surface area contributed by atoms with E-state index in [0.717, 1.165) is 35.3 Å². The van der Waals surface area contributed by atoms with Crippen molar-refractivity contribution in [3.8, 4) is 5.75 Å². The first-order valence-corrected chi connectivity index (χ1v) is 9.23. The molecule has 2 rings (SSSR count). The molecule has 2 heteroatoms. The van der Waals surface area contributed by atoms with Crippen molar-refractivity contribution in [3.63, 3.8) is 0 Å². The normalized spacial score (nSPS) is 13.2. The second kappa shape index (κ2) is 10.0. The molecule has 2 aromatic carbocycles. The monoisotopic (exact) mass is 338 g/mol. The van der Waals surface area contributed by atoms with Crippen molar-refractivity contribution in [1.82, 2.24) is 0 Å². The second-order valence-corrected chi connectivity index (χ2v) is 6.57. The van der Waals surface area contributed by atoms with Crippen LogP contribution in [0.2, 0.25) is 0 Å². The van der Waals surface area contributed by atoms with Gasteiger partial charge in [-0.1, -0.05) is 81.7 Å². The SMILES string of the molecule is C=C(c1ccc(OC)cc1)[C@H](CCCCCC)[C@@H](O)c1ccccc1. The predicted molar refractivity (Wildman–Crippen MR) is 106 cm³/mol. The summed E-state index contributed by atoms with van der Waals surface area (Å²) in [5.41, 5.74) is 3.02. The summed E-state index contributed by atoms with van der Waals surface area (Å²) in [6.45, 7) is 6.54. The maximum absolute atomic E-state index is 11.0. The fourth-order valence-electron chi connectivity index (χ4n) is 3.22. The van der Waals surface area contributed by atoms with Crippen molar-refractivity contribution in [2.45, 2.75) is 45.1 Å². The summed E-state index contributed by atoms with van der Waals surface area (Å²) in [6.07, 6.45) is 5.18. The summed E-state index contributed by atoms with van der Waals surface area (Å²) in [5.74, 6) is 0.854. The highest BCUT2D eigenvalue weighted by Gasteiger charge is 2.24. The Labute approximate surface area is 152 Å². The first kappa shape index (κ1) is 19.3. The number of hydrogen-bond donors (Lipinski definition) is 1. The average Bonchev–Trinajstić information content (AvgIpc) is 2.68. The molecule has 0 saturated heterocycles. The molecular formula is C23H30O2. The molecule has 0 saturated carbocycles. The Bertz CT molecular complexity index is 631. The predicted octanol–water partition coefficient (Wildman–Crippen LogP) is 6.03. The fourth-order valence-corrected chi connectivity index (χ4v) is 3.22. The largest absolute Gasteiger partial charge is 0.497 e. The third-order valence-corrected chi connectivity index (χ3v) is 4.80. The standard InChI is InChI=1S/C23H30O2/c1-4-5-6-10-13-22(23(24)20-11-8-7-9-12-20)18(2)19-14-16-21(25-3)17-15-19/h7-9,11-12,14-17,22-24H,2,4-6,10,13H2,1,3H3/t22-,23-/m0/s1. The van der Waals surface area contributed by atoms with E-state index in [-0.39, 0.29) is 5.92 Å². The van der Waals surface area contributed by atoms with E-state index in [4.69, 9.17) is 4.74 Å². The van der Waals surface area contributed by atoms with Crippen LogP contribution in [-0.4, -0.2) is 12.2 Å². The van der Waals surface area contributed by atoms with E-state index in [0.29, 0.717) is 0 Å². The summed E-state index contributed by atoms with van der Waals surface area (Å²) in [7, 11) is 1.67. The minimum absolute atomic E-state index is 0.0210. The summed E-state index contributed by atoms with van der Waals surface area (Å²) in [6, 6.07) is 17.9. The zero-order chi connectivity index (χ0) is 18.1. The lowest BCUT2D eigenvalue weighted by molar-refractivity contribution is 0.130. The zero-order valence-electron chi connectivity index (χ0n) is 15.4. The quantitative estimate of drug-likeness (QED) is 0.536. The van der Waals surface area contributed by atoms with Crippen LogP contribution >= 0.6 is 0 Å². The summed E-state index contributed by atoms with van der Waals surface area (Å²) in [5, 5.41) is 11.0. The molecule has 0 fully saturated rings. The summed E-state index contributed by atoms with van der Waals surface area (Å²) >= 11 is 0. The Hall–Kier alpha value is -2.06. The number of hydrogen-bond acceptors (Lipinski definition) is 2. The van der Waals surface area contributed by atoms with Gasteiger partial charge in [0, 0.05) is 5.92 Å². The van der Waals surface area contributed by atoms with Crippen molar-refractivity contribution in [3.05, 3.63) is 72.3 Å². The lowest BCUT2D eigenvalue weighted by Crippen LogP contribution is -2.14. The number of rotatable bonds is 10. The molecule has 2 aromatic rings. The van der Waals surface area contributed by atoms with Gasteiger partial charge < -0.3 is 9.84 Å². The highest BCUT2D eigenvalue weighted by molar-refractivity contribution is 5.66. The molecule has 25 heavy (non-hydrogen) atoms. The molecule has 0 aromatic heterocycles. The van der Waals surface area contributed by atoms with E-state index in [1.54, 1.807) is 7.11 Å². The molecule has 0 heterocycles. The third kappa shape index (κ3) is 5.47. The van der Waals surface area contributed by atoms with Gasteiger partial charge in [-0.05, 0) is 35.3 Å². The first-order valence-electron chi connectivity index (χ1n) is 9.23. The van der Waals surface area contributed by atoms with Crippen molar-refractivity contribution in [1.29, 1.82) is 0 Å². The molecule has 0 amide bonds. The highest BCUT2D eigenvalue weighted by atomic mass is 16.5. The Kier molecular flexibility index (Phi) is 7.75. The maximum Gasteiger partial charge on any atom is 0.118 e. The van der Waals surface area contributed by atoms with E-state index in [1.807, 2.05) is 54.6 Å². The van der Waals surface area contributed by atoms with Gasteiger partial charge in [-0.2, -0.15) is 0 Å². The average molecular weight is 338 g/mol. The van der Waals surface area contributed by atoms with Crippen molar-refractivity contribution in [2.24, 2.45) is 5.92 Å². The van der Waals surface area contributed by atoms with Gasteiger partial charge in [0.05, 0.1) is 13.2 Å². The molecule has 0 spiro atoms. The Balaban J connectivity index is 2.18. The molecule has 0 aliphatic rings. The van der Waals surface area contributed by atoms with Gasteiger partial charge in [-0.3, -0.25) is 0 Å². The van der Waals surface area contributed by atoms with Crippen molar-refractivity contribution in [2.75, 3.05) is 7.11 Å². The minimum atomic E-state index is -0.530. The van der Waals surface area contributed by atoms with E-state index in [2.05, 4.69) is 13.5 Å². The van der Waals surface area contributed by atoms with Gasteiger partial charge in [-0.25, -0.2) is 0 Å². The number of ether oxygens (including phenoxy) is 1.